The van der Waals surface area contributed by atoms with Crippen LogP contribution < -0.4 is 15.5 Å². The number of hydrogen-bond acceptors (Lipinski definition) is 3. The molecule has 1 unspecified atom stereocenters. The second kappa shape index (κ2) is 6.51. The zero-order valence-electron chi connectivity index (χ0n) is 12.9. The van der Waals surface area contributed by atoms with Crippen LogP contribution in [0, 0.1) is 0 Å². The predicted molar refractivity (Wildman–Crippen MR) is 86.3 cm³/mol. The number of carbonyl (C=O) groups is 2. The van der Waals surface area contributed by atoms with Crippen molar-refractivity contribution in [2.24, 2.45) is 0 Å². The van der Waals surface area contributed by atoms with Crippen LogP contribution >= 0.6 is 0 Å². The maximum Gasteiger partial charge on any atom is 0.321 e. The molecule has 1 aliphatic rings. The zero-order chi connectivity index (χ0) is 16.2. The van der Waals surface area contributed by atoms with E-state index in [1.165, 1.54) is 0 Å². The van der Waals surface area contributed by atoms with Crippen molar-refractivity contribution < 1.29 is 9.59 Å². The van der Waals surface area contributed by atoms with E-state index in [-0.39, 0.29) is 18.0 Å². The van der Waals surface area contributed by atoms with E-state index in [1.807, 2.05) is 19.2 Å². The Balaban J connectivity index is 1.60. The van der Waals surface area contributed by atoms with E-state index in [4.69, 9.17) is 0 Å². The van der Waals surface area contributed by atoms with Crippen molar-refractivity contribution in [2.45, 2.75) is 19.5 Å². The fourth-order valence-electron chi connectivity index (χ4n) is 2.55. The third-order valence-electron chi connectivity index (χ3n) is 3.70. The first-order valence-corrected chi connectivity index (χ1v) is 7.57. The predicted octanol–water partition coefficient (Wildman–Crippen LogP) is 1.23. The quantitative estimate of drug-likeness (QED) is 0.871. The van der Waals surface area contributed by atoms with E-state index in [0.717, 1.165) is 5.69 Å². The fraction of sp³-hybridized carbons (Fsp3) is 0.312. The minimum absolute atomic E-state index is 0.0357. The summed E-state index contributed by atoms with van der Waals surface area (Å²) in [7, 11) is 0. The molecule has 0 spiro atoms. The largest absolute Gasteiger partial charge is 0.348 e. The van der Waals surface area contributed by atoms with Crippen molar-refractivity contribution in [1.82, 2.24) is 20.4 Å². The molecule has 1 aromatic heterocycles. The number of aromatic nitrogens is 2. The van der Waals surface area contributed by atoms with E-state index < -0.39 is 0 Å². The van der Waals surface area contributed by atoms with E-state index >= 15 is 0 Å². The van der Waals surface area contributed by atoms with Gasteiger partial charge in [-0.1, -0.05) is 0 Å². The minimum Gasteiger partial charge on any atom is -0.348 e. The van der Waals surface area contributed by atoms with Gasteiger partial charge in [0.25, 0.3) is 5.91 Å². The molecule has 3 rings (SSSR count). The first-order chi connectivity index (χ1) is 11.1. The molecule has 23 heavy (non-hydrogen) atoms. The molecule has 1 fully saturated rings. The Kier molecular flexibility index (Phi) is 4.27. The van der Waals surface area contributed by atoms with Crippen molar-refractivity contribution in [3.63, 3.8) is 0 Å². The van der Waals surface area contributed by atoms with Crippen molar-refractivity contribution in [2.75, 3.05) is 18.0 Å². The van der Waals surface area contributed by atoms with E-state index in [0.29, 0.717) is 25.2 Å². The standard InChI is InChI=1S/C16H19N5O2/c1-12(11-20-9-2-7-18-20)19-15(22)13-3-5-14(6-4-13)21-10-8-17-16(21)23/h2-7,9,12H,8,10-11H2,1H3,(H,17,23)(H,19,22). The first kappa shape index (κ1) is 15.1. The van der Waals surface area contributed by atoms with Crippen molar-refractivity contribution >= 4 is 17.6 Å². The Morgan fingerprint density at radius 2 is 2.17 bits per heavy atom. The molecule has 0 aliphatic carbocycles. The summed E-state index contributed by atoms with van der Waals surface area (Å²) in [5.41, 5.74) is 1.36. The molecule has 2 aromatic rings. The second-order valence-corrected chi connectivity index (χ2v) is 5.53. The van der Waals surface area contributed by atoms with Crippen molar-refractivity contribution in [3.8, 4) is 0 Å². The number of anilines is 1. The van der Waals surface area contributed by atoms with Crippen LogP contribution in [0.15, 0.2) is 42.7 Å². The molecule has 1 aliphatic heterocycles. The average Bonchev–Trinajstić information content (AvgIpc) is 3.19. The Hall–Kier alpha value is -2.83. The highest BCUT2D eigenvalue weighted by atomic mass is 16.2. The first-order valence-electron chi connectivity index (χ1n) is 7.57. The van der Waals surface area contributed by atoms with Gasteiger partial charge < -0.3 is 10.6 Å². The molecule has 1 saturated heterocycles. The van der Waals surface area contributed by atoms with E-state index in [2.05, 4.69) is 15.7 Å². The lowest BCUT2D eigenvalue weighted by Gasteiger charge is -2.16. The highest BCUT2D eigenvalue weighted by Gasteiger charge is 2.21. The van der Waals surface area contributed by atoms with E-state index in [9.17, 15) is 9.59 Å². The number of rotatable bonds is 5. The van der Waals surface area contributed by atoms with Crippen molar-refractivity contribution in [1.29, 1.82) is 0 Å². The number of hydrogen-bond donors (Lipinski definition) is 2. The molecule has 7 nitrogen and oxygen atoms in total. The summed E-state index contributed by atoms with van der Waals surface area (Å²) in [5.74, 6) is -0.137. The SMILES string of the molecule is CC(Cn1cccn1)NC(=O)c1ccc(N2CCNC2=O)cc1. The topological polar surface area (TPSA) is 79.3 Å². The van der Waals surface area contributed by atoms with Crippen LogP contribution in [0.4, 0.5) is 10.5 Å². The summed E-state index contributed by atoms with van der Waals surface area (Å²) in [4.78, 5) is 25.5. The van der Waals surface area contributed by atoms with Crippen molar-refractivity contribution in [3.05, 3.63) is 48.3 Å². The third-order valence-corrected chi connectivity index (χ3v) is 3.70. The summed E-state index contributed by atoms with van der Waals surface area (Å²) in [5, 5.41) is 9.81. The number of benzene rings is 1. The number of nitrogens with zero attached hydrogens (tertiary/aromatic N) is 3. The van der Waals surface area contributed by atoms with Gasteiger partial charge >= 0.3 is 6.03 Å². The van der Waals surface area contributed by atoms with Gasteiger partial charge in [-0.15, -0.1) is 0 Å². The summed E-state index contributed by atoms with van der Waals surface area (Å²) in [6.45, 7) is 3.84. The van der Waals surface area contributed by atoms with Crippen LogP contribution in [-0.4, -0.2) is 40.9 Å². The molecule has 120 valence electrons. The Morgan fingerprint density at radius 3 is 2.78 bits per heavy atom. The van der Waals surface area contributed by atoms with E-state index in [1.54, 1.807) is 40.0 Å². The Labute approximate surface area is 134 Å². The van der Waals surface area contributed by atoms with Crippen LogP contribution in [0.25, 0.3) is 0 Å². The number of carbonyl (C=O) groups excluding carboxylic acids is 2. The minimum atomic E-state index is -0.137. The molecule has 7 heteroatoms. The number of amides is 3. The molecule has 2 N–H and O–H groups in total. The summed E-state index contributed by atoms with van der Waals surface area (Å²) in [6.07, 6.45) is 3.57. The van der Waals surface area contributed by atoms with Gasteiger partial charge in [0.2, 0.25) is 0 Å². The molecular formula is C16H19N5O2. The molecule has 0 radical (unpaired) electrons. The molecule has 0 bridgehead atoms. The molecule has 1 aromatic carbocycles. The van der Waals surface area contributed by atoms with Gasteiger partial charge in [0.1, 0.15) is 0 Å². The van der Waals surface area contributed by atoms with Gasteiger partial charge in [-0.25, -0.2) is 4.79 Å². The maximum absolute atomic E-state index is 12.2. The van der Waals surface area contributed by atoms with Crippen LogP contribution in [0.3, 0.4) is 0 Å². The fourth-order valence-corrected chi connectivity index (χ4v) is 2.55. The number of nitrogens with one attached hydrogen (secondary N) is 2. The van der Waals surface area contributed by atoms with Crippen LogP contribution in [0.2, 0.25) is 0 Å². The second-order valence-electron chi connectivity index (χ2n) is 5.53. The lowest BCUT2D eigenvalue weighted by molar-refractivity contribution is 0.0936. The third kappa shape index (κ3) is 3.50. The molecule has 1 atom stereocenters. The summed E-state index contributed by atoms with van der Waals surface area (Å²) in [6, 6.07) is 8.76. The van der Waals surface area contributed by atoms with Crippen LogP contribution in [0.5, 0.6) is 0 Å². The lowest BCUT2D eigenvalue weighted by atomic mass is 10.1. The van der Waals surface area contributed by atoms with Gasteiger partial charge in [-0.2, -0.15) is 5.10 Å². The summed E-state index contributed by atoms with van der Waals surface area (Å²) < 4.78 is 1.78. The van der Waals surface area contributed by atoms with Crippen LogP contribution in [-0.2, 0) is 6.54 Å². The van der Waals surface area contributed by atoms with Gasteiger partial charge in [0.05, 0.1) is 6.54 Å². The summed E-state index contributed by atoms with van der Waals surface area (Å²) >= 11 is 0. The highest BCUT2D eigenvalue weighted by molar-refractivity contribution is 5.97. The highest BCUT2D eigenvalue weighted by Crippen LogP contribution is 2.17. The molecule has 2 heterocycles. The Bertz CT molecular complexity index is 681. The lowest BCUT2D eigenvalue weighted by Crippen LogP contribution is -2.35. The molecule has 3 amide bonds. The molecular weight excluding hydrogens is 294 g/mol. The molecule has 0 saturated carbocycles. The maximum atomic E-state index is 12.2. The number of urea groups is 1. The smallest absolute Gasteiger partial charge is 0.321 e. The van der Waals surface area contributed by atoms with Gasteiger partial charge in [-0.05, 0) is 37.3 Å². The zero-order valence-corrected chi connectivity index (χ0v) is 12.9. The van der Waals surface area contributed by atoms with Gasteiger partial charge in [0.15, 0.2) is 0 Å². The van der Waals surface area contributed by atoms with Gasteiger partial charge in [0, 0.05) is 42.8 Å². The monoisotopic (exact) mass is 313 g/mol. The van der Waals surface area contributed by atoms with Gasteiger partial charge in [-0.3, -0.25) is 14.4 Å². The average molecular weight is 313 g/mol. The normalized spacial score (nSPS) is 15.3. The Morgan fingerprint density at radius 1 is 1.39 bits per heavy atom. The van der Waals surface area contributed by atoms with Crippen LogP contribution in [0.1, 0.15) is 17.3 Å².